The first-order valence-electron chi connectivity index (χ1n) is 5.29. The molecule has 0 saturated heterocycles. The van der Waals surface area contributed by atoms with Crippen LogP contribution in [-0.4, -0.2) is 16.4 Å². The van der Waals surface area contributed by atoms with Gasteiger partial charge >= 0.3 is 0 Å². The monoisotopic (exact) mass is 246 g/mol. The number of benzene rings is 1. The molecule has 0 saturated carbocycles. The molecular weight excluding hydrogens is 235 g/mol. The van der Waals surface area contributed by atoms with E-state index in [4.69, 9.17) is 15.7 Å². The molecule has 2 rings (SSSR count). The van der Waals surface area contributed by atoms with Gasteiger partial charge in [-0.15, -0.1) is 0 Å². The Kier molecular flexibility index (Phi) is 3.44. The van der Waals surface area contributed by atoms with Crippen LogP contribution in [0.2, 0.25) is 0 Å². The molecule has 0 unspecified atom stereocenters. The molecule has 2 N–H and O–H groups in total. The lowest BCUT2D eigenvalue weighted by atomic mass is 10.2. The highest BCUT2D eigenvalue weighted by Crippen LogP contribution is 2.15. The average molecular weight is 246 g/mol. The van der Waals surface area contributed by atoms with Gasteiger partial charge < -0.3 is 10.5 Å². The van der Waals surface area contributed by atoms with Crippen LogP contribution >= 0.6 is 0 Å². The van der Waals surface area contributed by atoms with Crippen LogP contribution in [0.1, 0.15) is 5.56 Å². The summed E-state index contributed by atoms with van der Waals surface area (Å²) in [6, 6.07) is 5.88. The summed E-state index contributed by atoms with van der Waals surface area (Å²) in [5.41, 5.74) is 6.09. The predicted molar refractivity (Wildman–Crippen MR) is 63.2 cm³/mol. The summed E-state index contributed by atoms with van der Waals surface area (Å²) in [5, 5.41) is 12.6. The van der Waals surface area contributed by atoms with Gasteiger partial charge in [-0.05, 0) is 12.1 Å². The molecule has 1 heterocycles. The maximum absolute atomic E-state index is 13.3. The first-order chi connectivity index (χ1) is 8.69. The largest absolute Gasteiger partial charge is 0.492 e. The summed E-state index contributed by atoms with van der Waals surface area (Å²) in [7, 11) is 0. The first kappa shape index (κ1) is 11.9. The maximum atomic E-state index is 13.3. The molecule has 0 radical (unpaired) electrons. The Hall–Kier alpha value is -2.55. The van der Waals surface area contributed by atoms with E-state index in [0.717, 1.165) is 0 Å². The van der Waals surface area contributed by atoms with Crippen molar-refractivity contribution in [3.63, 3.8) is 0 Å². The Bertz CT molecular complexity index is 588. The number of nitrogen functional groups attached to an aromatic ring is 1. The van der Waals surface area contributed by atoms with Gasteiger partial charge in [-0.25, -0.2) is 4.39 Å². The van der Waals surface area contributed by atoms with Gasteiger partial charge in [0.05, 0.1) is 24.0 Å². The fraction of sp³-hybridized carbons (Fsp3) is 0.167. The first-order valence-corrected chi connectivity index (χ1v) is 5.29. The van der Waals surface area contributed by atoms with E-state index in [0.29, 0.717) is 24.6 Å². The third kappa shape index (κ3) is 2.77. The van der Waals surface area contributed by atoms with Gasteiger partial charge in [-0.2, -0.15) is 10.4 Å². The van der Waals surface area contributed by atoms with E-state index in [1.54, 1.807) is 29.2 Å². The number of hydrogen-bond donors (Lipinski definition) is 1. The third-order valence-corrected chi connectivity index (χ3v) is 2.30. The zero-order valence-electron chi connectivity index (χ0n) is 9.51. The molecule has 0 aliphatic heterocycles. The van der Waals surface area contributed by atoms with E-state index in [9.17, 15) is 4.39 Å². The summed E-state index contributed by atoms with van der Waals surface area (Å²) < 4.78 is 20.3. The van der Waals surface area contributed by atoms with Crippen molar-refractivity contribution < 1.29 is 9.13 Å². The minimum Gasteiger partial charge on any atom is -0.492 e. The van der Waals surface area contributed by atoms with Gasteiger partial charge in [0.1, 0.15) is 24.2 Å². The number of nitrogens with two attached hydrogens (primary N) is 1. The lowest BCUT2D eigenvalue weighted by Gasteiger charge is -2.06. The van der Waals surface area contributed by atoms with E-state index in [1.165, 1.54) is 12.1 Å². The molecule has 0 aliphatic carbocycles. The molecule has 0 amide bonds. The van der Waals surface area contributed by atoms with Crippen LogP contribution in [0, 0.1) is 17.1 Å². The number of anilines is 1. The highest BCUT2D eigenvalue weighted by atomic mass is 19.1. The second-order valence-corrected chi connectivity index (χ2v) is 3.64. The lowest BCUT2D eigenvalue weighted by molar-refractivity contribution is 0.290. The van der Waals surface area contributed by atoms with E-state index in [-0.39, 0.29) is 5.56 Å². The molecule has 6 heteroatoms. The van der Waals surface area contributed by atoms with Crippen molar-refractivity contribution in [2.24, 2.45) is 0 Å². The third-order valence-electron chi connectivity index (χ3n) is 2.30. The van der Waals surface area contributed by atoms with Crippen LogP contribution in [0.25, 0.3) is 0 Å². The van der Waals surface area contributed by atoms with Crippen molar-refractivity contribution in [2.75, 3.05) is 12.3 Å². The quantitative estimate of drug-likeness (QED) is 0.888. The van der Waals surface area contributed by atoms with E-state index >= 15 is 0 Å². The van der Waals surface area contributed by atoms with E-state index < -0.39 is 5.82 Å². The Morgan fingerprint density at radius 1 is 1.50 bits per heavy atom. The topological polar surface area (TPSA) is 76.9 Å². The van der Waals surface area contributed by atoms with Crippen molar-refractivity contribution in [1.82, 2.24) is 9.78 Å². The van der Waals surface area contributed by atoms with Gasteiger partial charge in [0.15, 0.2) is 0 Å². The Labute approximate surface area is 103 Å². The molecule has 5 nitrogen and oxygen atoms in total. The Morgan fingerprint density at radius 3 is 2.94 bits per heavy atom. The summed E-state index contributed by atoms with van der Waals surface area (Å²) in [6.45, 7) is 0.852. The van der Waals surface area contributed by atoms with Gasteiger partial charge in [-0.1, -0.05) is 0 Å². The Balaban J connectivity index is 1.91. The number of hydrogen-bond acceptors (Lipinski definition) is 4. The molecular formula is C12H11FN4O. The molecule has 92 valence electrons. The molecule has 0 atom stereocenters. The second-order valence-electron chi connectivity index (χ2n) is 3.64. The van der Waals surface area contributed by atoms with Gasteiger partial charge in [0, 0.05) is 12.3 Å². The van der Waals surface area contributed by atoms with Crippen LogP contribution in [-0.2, 0) is 6.54 Å². The number of rotatable bonds is 4. The SMILES string of the molecule is N#Cc1ccc(OCCn2cc(N)cn2)cc1F. The number of aromatic nitrogens is 2. The maximum Gasteiger partial charge on any atom is 0.144 e. The predicted octanol–water partition coefficient (Wildman–Crippen LogP) is 1.56. The summed E-state index contributed by atoms with van der Waals surface area (Å²) >= 11 is 0. The summed E-state index contributed by atoms with van der Waals surface area (Å²) in [6.07, 6.45) is 3.23. The fourth-order valence-electron chi connectivity index (χ4n) is 1.44. The fourth-order valence-corrected chi connectivity index (χ4v) is 1.44. The lowest BCUT2D eigenvalue weighted by Crippen LogP contribution is -2.08. The van der Waals surface area contributed by atoms with Crippen LogP contribution < -0.4 is 10.5 Å². The standard InChI is InChI=1S/C12H11FN4O/c13-12-5-11(2-1-9(12)6-14)18-4-3-17-8-10(15)7-16-17/h1-2,5,7-8H,3-4,15H2. The van der Waals surface area contributed by atoms with E-state index in [2.05, 4.69) is 5.10 Å². The van der Waals surface area contributed by atoms with Crippen molar-refractivity contribution in [3.8, 4) is 11.8 Å². The molecule has 2 aromatic rings. The molecule has 0 bridgehead atoms. The van der Waals surface area contributed by atoms with Gasteiger partial charge in [-0.3, -0.25) is 4.68 Å². The normalized spacial score (nSPS) is 10.0. The van der Waals surface area contributed by atoms with Gasteiger partial charge in [0.2, 0.25) is 0 Å². The molecule has 0 spiro atoms. The Morgan fingerprint density at radius 2 is 2.33 bits per heavy atom. The van der Waals surface area contributed by atoms with Crippen molar-refractivity contribution in [3.05, 3.63) is 42.0 Å². The zero-order chi connectivity index (χ0) is 13.0. The smallest absolute Gasteiger partial charge is 0.144 e. The van der Waals surface area contributed by atoms with Crippen molar-refractivity contribution in [2.45, 2.75) is 6.54 Å². The second kappa shape index (κ2) is 5.19. The van der Waals surface area contributed by atoms with Crippen LogP contribution in [0.4, 0.5) is 10.1 Å². The molecule has 0 aliphatic rings. The highest BCUT2D eigenvalue weighted by molar-refractivity contribution is 5.36. The molecule has 1 aromatic carbocycles. The average Bonchev–Trinajstić information content (AvgIpc) is 2.75. The van der Waals surface area contributed by atoms with E-state index in [1.807, 2.05) is 0 Å². The zero-order valence-corrected chi connectivity index (χ0v) is 9.51. The molecule has 1 aromatic heterocycles. The van der Waals surface area contributed by atoms with Gasteiger partial charge in [0.25, 0.3) is 0 Å². The number of nitriles is 1. The van der Waals surface area contributed by atoms with Crippen LogP contribution in [0.5, 0.6) is 5.75 Å². The number of ether oxygens (including phenoxy) is 1. The molecule has 0 fully saturated rings. The summed E-state index contributed by atoms with van der Waals surface area (Å²) in [5.74, 6) is -0.204. The number of nitrogens with zero attached hydrogens (tertiary/aromatic N) is 3. The minimum atomic E-state index is -0.585. The van der Waals surface area contributed by atoms with Crippen molar-refractivity contribution in [1.29, 1.82) is 5.26 Å². The summed E-state index contributed by atoms with van der Waals surface area (Å²) in [4.78, 5) is 0. The minimum absolute atomic E-state index is 0.00204. The van der Waals surface area contributed by atoms with Crippen LogP contribution in [0.3, 0.4) is 0 Å². The highest BCUT2D eigenvalue weighted by Gasteiger charge is 2.03. The van der Waals surface area contributed by atoms with Crippen molar-refractivity contribution >= 4 is 5.69 Å². The molecule has 18 heavy (non-hydrogen) atoms. The number of halogens is 1. The van der Waals surface area contributed by atoms with Crippen LogP contribution in [0.15, 0.2) is 30.6 Å².